The maximum Gasteiger partial charge on any atom is 0.319 e. The molecule has 0 aliphatic heterocycles. The van der Waals surface area contributed by atoms with E-state index < -0.39 is 0 Å². The van der Waals surface area contributed by atoms with Crippen LogP contribution in [0, 0.1) is 5.92 Å². The summed E-state index contributed by atoms with van der Waals surface area (Å²) in [4.78, 5) is 13.0. The fraction of sp³-hybridized carbons (Fsp3) is 0.533. The number of nitrogens with one attached hydrogen (secondary N) is 2. The molecule has 1 saturated carbocycles. The summed E-state index contributed by atoms with van der Waals surface area (Å²) in [5, 5.41) is 5.85. The third-order valence-corrected chi connectivity index (χ3v) is 4.37. The van der Waals surface area contributed by atoms with E-state index in [4.69, 9.17) is 0 Å². The van der Waals surface area contributed by atoms with Gasteiger partial charge in [0.25, 0.3) is 0 Å². The van der Waals surface area contributed by atoms with Crippen molar-refractivity contribution < 1.29 is 4.79 Å². The molecule has 0 heterocycles. The van der Waals surface area contributed by atoms with Crippen LogP contribution in [0.15, 0.2) is 29.2 Å². The fourth-order valence-electron chi connectivity index (χ4n) is 2.48. The van der Waals surface area contributed by atoms with Gasteiger partial charge in [-0.25, -0.2) is 4.79 Å². The molecule has 19 heavy (non-hydrogen) atoms. The third kappa shape index (κ3) is 4.78. The summed E-state index contributed by atoms with van der Waals surface area (Å²) in [6, 6.07) is 7.81. The van der Waals surface area contributed by atoms with Gasteiger partial charge in [-0.05, 0) is 49.3 Å². The van der Waals surface area contributed by atoms with Gasteiger partial charge in [-0.2, -0.15) is 0 Å². The monoisotopic (exact) mass is 278 g/mol. The van der Waals surface area contributed by atoms with Gasteiger partial charge in [0.05, 0.1) is 0 Å². The SMILES string of the molecule is CSc1ccc(NC(=O)NCC2CCCCC2)cc1. The van der Waals surface area contributed by atoms with Gasteiger partial charge < -0.3 is 10.6 Å². The highest BCUT2D eigenvalue weighted by atomic mass is 32.2. The molecule has 1 aromatic carbocycles. The normalized spacial score (nSPS) is 16.1. The average Bonchev–Trinajstić information content (AvgIpc) is 2.47. The molecule has 4 heteroatoms. The number of carbonyl (C=O) groups excluding carboxylic acids is 1. The first kappa shape index (κ1) is 14.3. The first-order valence-corrected chi connectivity index (χ1v) is 8.19. The molecule has 0 radical (unpaired) electrons. The summed E-state index contributed by atoms with van der Waals surface area (Å²) in [5.74, 6) is 0.665. The minimum absolute atomic E-state index is 0.0949. The summed E-state index contributed by atoms with van der Waals surface area (Å²) in [6.45, 7) is 0.800. The minimum atomic E-state index is -0.0949. The Morgan fingerprint density at radius 1 is 1.21 bits per heavy atom. The van der Waals surface area contributed by atoms with Crippen molar-refractivity contribution in [2.75, 3.05) is 18.1 Å². The second-order valence-corrected chi connectivity index (χ2v) is 5.95. The molecule has 0 aromatic heterocycles. The molecule has 0 spiro atoms. The molecule has 2 rings (SSSR count). The lowest BCUT2D eigenvalue weighted by atomic mass is 9.89. The number of hydrogen-bond donors (Lipinski definition) is 2. The van der Waals surface area contributed by atoms with Crippen LogP contribution >= 0.6 is 11.8 Å². The van der Waals surface area contributed by atoms with Crippen LogP contribution in [0.5, 0.6) is 0 Å². The van der Waals surface area contributed by atoms with Crippen LogP contribution in [0.4, 0.5) is 10.5 Å². The number of carbonyl (C=O) groups is 1. The van der Waals surface area contributed by atoms with Gasteiger partial charge >= 0.3 is 6.03 Å². The van der Waals surface area contributed by atoms with Gasteiger partial charge in [0, 0.05) is 17.1 Å². The van der Waals surface area contributed by atoms with Crippen LogP contribution < -0.4 is 10.6 Å². The molecule has 0 atom stereocenters. The predicted octanol–water partition coefficient (Wildman–Crippen LogP) is 4.11. The first-order valence-electron chi connectivity index (χ1n) is 6.97. The van der Waals surface area contributed by atoms with Crippen molar-refractivity contribution >= 4 is 23.5 Å². The van der Waals surface area contributed by atoms with Crippen molar-refractivity contribution in [3.05, 3.63) is 24.3 Å². The Balaban J connectivity index is 1.73. The summed E-state index contributed by atoms with van der Waals surface area (Å²) >= 11 is 1.70. The lowest BCUT2D eigenvalue weighted by molar-refractivity contribution is 0.247. The Morgan fingerprint density at radius 2 is 1.89 bits per heavy atom. The highest BCUT2D eigenvalue weighted by molar-refractivity contribution is 7.98. The zero-order valence-corrected chi connectivity index (χ0v) is 12.3. The van der Waals surface area contributed by atoms with Crippen LogP contribution in [-0.4, -0.2) is 18.8 Å². The van der Waals surface area contributed by atoms with Crippen LogP contribution in [0.1, 0.15) is 32.1 Å². The Morgan fingerprint density at radius 3 is 2.53 bits per heavy atom. The summed E-state index contributed by atoms with van der Waals surface area (Å²) in [6.07, 6.45) is 8.52. The van der Waals surface area contributed by atoms with E-state index >= 15 is 0 Å². The van der Waals surface area contributed by atoms with Crippen molar-refractivity contribution in [2.24, 2.45) is 5.92 Å². The number of urea groups is 1. The number of rotatable bonds is 4. The average molecular weight is 278 g/mol. The molecule has 1 fully saturated rings. The zero-order valence-electron chi connectivity index (χ0n) is 11.4. The van der Waals surface area contributed by atoms with Crippen LogP contribution in [0.3, 0.4) is 0 Å². The Hall–Kier alpha value is -1.16. The largest absolute Gasteiger partial charge is 0.338 e. The van der Waals surface area contributed by atoms with Crippen molar-refractivity contribution in [1.29, 1.82) is 0 Å². The van der Waals surface area contributed by atoms with Gasteiger partial charge in [-0.1, -0.05) is 19.3 Å². The minimum Gasteiger partial charge on any atom is -0.338 e. The molecular formula is C15H22N2OS. The van der Waals surface area contributed by atoms with E-state index in [9.17, 15) is 4.79 Å². The Labute approximate surface area is 119 Å². The maximum atomic E-state index is 11.8. The third-order valence-electron chi connectivity index (χ3n) is 3.62. The highest BCUT2D eigenvalue weighted by Crippen LogP contribution is 2.22. The number of thioether (sulfide) groups is 1. The standard InChI is InChI=1S/C15H22N2OS/c1-19-14-9-7-13(8-10-14)17-15(18)16-11-12-5-3-2-4-6-12/h7-10,12H,2-6,11H2,1H3,(H2,16,17,18). The van der Waals surface area contributed by atoms with Crippen molar-refractivity contribution in [2.45, 2.75) is 37.0 Å². The summed E-state index contributed by atoms with van der Waals surface area (Å²) in [5.41, 5.74) is 0.846. The molecule has 2 N–H and O–H groups in total. The maximum absolute atomic E-state index is 11.8. The number of benzene rings is 1. The topological polar surface area (TPSA) is 41.1 Å². The summed E-state index contributed by atoms with van der Waals surface area (Å²) < 4.78 is 0. The Kier molecular flexibility index (Phi) is 5.58. The van der Waals surface area contributed by atoms with Crippen molar-refractivity contribution in [3.63, 3.8) is 0 Å². The smallest absolute Gasteiger partial charge is 0.319 e. The number of hydrogen-bond acceptors (Lipinski definition) is 2. The molecule has 3 nitrogen and oxygen atoms in total. The van der Waals surface area contributed by atoms with Crippen LogP contribution in [-0.2, 0) is 0 Å². The highest BCUT2D eigenvalue weighted by Gasteiger charge is 2.14. The van der Waals surface area contributed by atoms with Crippen LogP contribution in [0.2, 0.25) is 0 Å². The van der Waals surface area contributed by atoms with E-state index in [0.717, 1.165) is 12.2 Å². The quantitative estimate of drug-likeness (QED) is 0.814. The lowest BCUT2D eigenvalue weighted by Gasteiger charge is -2.21. The molecule has 0 saturated heterocycles. The van der Waals surface area contributed by atoms with Crippen molar-refractivity contribution in [3.8, 4) is 0 Å². The van der Waals surface area contributed by atoms with E-state index in [2.05, 4.69) is 10.6 Å². The first-order chi connectivity index (χ1) is 9.28. The van der Waals surface area contributed by atoms with Crippen LogP contribution in [0.25, 0.3) is 0 Å². The predicted molar refractivity (Wildman–Crippen MR) is 81.8 cm³/mol. The molecule has 1 aliphatic rings. The van der Waals surface area contributed by atoms with E-state index in [-0.39, 0.29) is 6.03 Å². The molecule has 1 aliphatic carbocycles. The van der Waals surface area contributed by atoms with Gasteiger partial charge in [-0.15, -0.1) is 11.8 Å². The van der Waals surface area contributed by atoms with Gasteiger partial charge in [0.15, 0.2) is 0 Å². The second kappa shape index (κ2) is 7.43. The molecule has 0 unspecified atom stereocenters. The van der Waals surface area contributed by atoms with Gasteiger partial charge in [0.2, 0.25) is 0 Å². The van der Waals surface area contributed by atoms with Gasteiger partial charge in [0.1, 0.15) is 0 Å². The fourth-order valence-corrected chi connectivity index (χ4v) is 2.89. The molecule has 1 aromatic rings. The van der Waals surface area contributed by atoms with E-state index in [1.165, 1.54) is 37.0 Å². The number of amides is 2. The lowest BCUT2D eigenvalue weighted by Crippen LogP contribution is -2.33. The molecular weight excluding hydrogens is 256 g/mol. The van der Waals surface area contributed by atoms with Gasteiger partial charge in [-0.3, -0.25) is 0 Å². The molecule has 0 bridgehead atoms. The summed E-state index contributed by atoms with van der Waals surface area (Å²) in [7, 11) is 0. The molecule has 104 valence electrons. The Bertz CT molecular complexity index is 399. The van der Waals surface area contributed by atoms with E-state index in [0.29, 0.717) is 5.92 Å². The van der Waals surface area contributed by atoms with E-state index in [1.54, 1.807) is 11.8 Å². The second-order valence-electron chi connectivity index (χ2n) is 5.07. The number of anilines is 1. The zero-order chi connectivity index (χ0) is 13.5. The molecule has 2 amide bonds. The van der Waals surface area contributed by atoms with E-state index in [1.807, 2.05) is 30.5 Å². The van der Waals surface area contributed by atoms with Crippen molar-refractivity contribution in [1.82, 2.24) is 5.32 Å².